The van der Waals surface area contributed by atoms with Gasteiger partial charge in [0.25, 0.3) is 0 Å². The van der Waals surface area contributed by atoms with Crippen molar-refractivity contribution in [3.05, 3.63) is 12.2 Å². The van der Waals surface area contributed by atoms with Gasteiger partial charge in [0.2, 0.25) is 5.91 Å². The molecule has 0 radical (unpaired) electrons. The first-order valence-corrected chi connectivity index (χ1v) is 5.64. The van der Waals surface area contributed by atoms with E-state index in [1.165, 1.54) is 6.08 Å². The number of rotatable bonds is 3. The zero-order valence-corrected chi connectivity index (χ0v) is 9.44. The van der Waals surface area contributed by atoms with E-state index in [1.807, 2.05) is 0 Å². The average Bonchev–Trinajstić information content (AvgIpc) is 2.26. The van der Waals surface area contributed by atoms with Crippen molar-refractivity contribution in [2.75, 3.05) is 31.6 Å². The van der Waals surface area contributed by atoms with E-state index in [2.05, 4.69) is 15.9 Å². The first-order chi connectivity index (χ1) is 6.77. The van der Waals surface area contributed by atoms with Gasteiger partial charge in [0, 0.05) is 18.4 Å². The number of aliphatic hydroxyl groups is 1. The van der Waals surface area contributed by atoms with Crippen molar-refractivity contribution >= 4 is 21.8 Å². The molecule has 0 aromatic rings. The maximum atomic E-state index is 11.5. The molecule has 1 N–H and O–H groups in total. The molecule has 0 saturated carbocycles. The van der Waals surface area contributed by atoms with Crippen molar-refractivity contribution in [2.45, 2.75) is 6.10 Å². The Morgan fingerprint density at radius 1 is 1.71 bits per heavy atom. The van der Waals surface area contributed by atoms with Crippen LogP contribution in [-0.4, -0.2) is 53.7 Å². The van der Waals surface area contributed by atoms with Crippen LogP contribution in [-0.2, 0) is 9.53 Å². The average molecular weight is 264 g/mol. The van der Waals surface area contributed by atoms with Crippen molar-refractivity contribution < 1.29 is 14.6 Å². The lowest BCUT2D eigenvalue weighted by Gasteiger charge is -2.31. The highest BCUT2D eigenvalue weighted by molar-refractivity contribution is 9.09. The number of aliphatic hydroxyl groups excluding tert-OH is 1. The number of amides is 1. The molecule has 1 atom stereocenters. The number of hydrogen-bond donors (Lipinski definition) is 1. The Labute approximate surface area is 91.7 Å². The van der Waals surface area contributed by atoms with Crippen molar-refractivity contribution in [3.8, 4) is 0 Å². The fourth-order valence-electron chi connectivity index (χ4n) is 1.28. The smallest absolute Gasteiger partial charge is 0.246 e. The van der Waals surface area contributed by atoms with Crippen LogP contribution in [0.5, 0.6) is 0 Å². The molecule has 4 nitrogen and oxygen atoms in total. The molecule has 1 fully saturated rings. The summed E-state index contributed by atoms with van der Waals surface area (Å²) in [5, 5.41) is 9.55. The van der Waals surface area contributed by atoms with Crippen LogP contribution in [0, 0.1) is 0 Å². The molecule has 0 bridgehead atoms. The number of hydrogen-bond acceptors (Lipinski definition) is 3. The topological polar surface area (TPSA) is 49.8 Å². The summed E-state index contributed by atoms with van der Waals surface area (Å²) in [6, 6.07) is 0. The summed E-state index contributed by atoms with van der Waals surface area (Å²) in [6.45, 7) is 1.54. The van der Waals surface area contributed by atoms with Gasteiger partial charge in [0.05, 0.1) is 19.3 Å². The number of ether oxygens (including phenoxy) is 1. The lowest BCUT2D eigenvalue weighted by atomic mass is 10.3. The molecule has 1 aliphatic rings. The molecule has 0 spiro atoms. The minimum atomic E-state index is -0.231. The molecule has 1 saturated heterocycles. The van der Waals surface area contributed by atoms with E-state index in [0.29, 0.717) is 25.0 Å². The van der Waals surface area contributed by atoms with Gasteiger partial charge in [-0.1, -0.05) is 22.0 Å². The molecule has 5 heteroatoms. The van der Waals surface area contributed by atoms with Gasteiger partial charge in [-0.15, -0.1) is 0 Å². The summed E-state index contributed by atoms with van der Waals surface area (Å²) in [7, 11) is 0. The zero-order valence-electron chi connectivity index (χ0n) is 7.86. The van der Waals surface area contributed by atoms with Gasteiger partial charge in [-0.25, -0.2) is 0 Å². The molecule has 0 aliphatic carbocycles. The van der Waals surface area contributed by atoms with Crippen molar-refractivity contribution in [3.63, 3.8) is 0 Å². The third kappa shape index (κ3) is 3.40. The van der Waals surface area contributed by atoms with Crippen LogP contribution < -0.4 is 0 Å². The fraction of sp³-hybridized carbons (Fsp3) is 0.667. The predicted molar refractivity (Wildman–Crippen MR) is 56.3 cm³/mol. The Morgan fingerprint density at radius 2 is 2.50 bits per heavy atom. The lowest BCUT2D eigenvalue weighted by molar-refractivity contribution is -0.135. The van der Waals surface area contributed by atoms with E-state index < -0.39 is 0 Å². The molecule has 1 unspecified atom stereocenters. The summed E-state index contributed by atoms with van der Waals surface area (Å²) in [4.78, 5) is 13.2. The normalized spacial score (nSPS) is 23.0. The Hall–Kier alpha value is -0.390. The second kappa shape index (κ2) is 6.16. The van der Waals surface area contributed by atoms with Crippen molar-refractivity contribution in [1.29, 1.82) is 0 Å². The standard InChI is InChI=1S/C9H14BrNO3/c10-3-1-2-9(13)11-4-5-14-8(6-11)7-12/h1-2,8,12H,3-7H2. The summed E-state index contributed by atoms with van der Waals surface area (Å²) >= 11 is 3.21. The molecule has 1 rings (SSSR count). The second-order valence-electron chi connectivity index (χ2n) is 3.02. The molecule has 0 aromatic heterocycles. The number of alkyl halides is 1. The minimum absolute atomic E-state index is 0.0220. The minimum Gasteiger partial charge on any atom is -0.394 e. The van der Waals surface area contributed by atoms with Crippen molar-refractivity contribution in [2.24, 2.45) is 0 Å². The van der Waals surface area contributed by atoms with E-state index in [-0.39, 0.29) is 18.6 Å². The van der Waals surface area contributed by atoms with Gasteiger partial charge in [0.1, 0.15) is 0 Å². The quantitative estimate of drug-likeness (QED) is 0.583. The molecule has 80 valence electrons. The SMILES string of the molecule is O=C(C=CCBr)N1CCOC(CO)C1. The van der Waals surface area contributed by atoms with Crippen molar-refractivity contribution in [1.82, 2.24) is 4.90 Å². The van der Waals surface area contributed by atoms with Gasteiger partial charge in [-0.05, 0) is 6.08 Å². The number of carbonyl (C=O) groups excluding carboxylic acids is 1. The van der Waals surface area contributed by atoms with Crippen LogP contribution >= 0.6 is 15.9 Å². The summed E-state index contributed by atoms with van der Waals surface area (Å²) in [6.07, 6.45) is 3.06. The lowest BCUT2D eigenvalue weighted by Crippen LogP contribution is -2.46. The Bertz CT molecular complexity index is 220. The monoisotopic (exact) mass is 263 g/mol. The van der Waals surface area contributed by atoms with Crippen LogP contribution in [0.15, 0.2) is 12.2 Å². The van der Waals surface area contributed by atoms with E-state index >= 15 is 0 Å². The van der Waals surface area contributed by atoms with Crippen LogP contribution in [0.1, 0.15) is 0 Å². The highest BCUT2D eigenvalue weighted by atomic mass is 79.9. The summed E-state index contributed by atoms with van der Waals surface area (Å²) in [5.74, 6) is -0.0220. The first kappa shape index (κ1) is 11.7. The summed E-state index contributed by atoms with van der Waals surface area (Å²) in [5.41, 5.74) is 0. The van der Waals surface area contributed by atoms with E-state index in [0.717, 1.165) is 0 Å². The van der Waals surface area contributed by atoms with Gasteiger partial charge in [-0.3, -0.25) is 4.79 Å². The molecule has 1 aliphatic heterocycles. The maximum Gasteiger partial charge on any atom is 0.246 e. The second-order valence-corrected chi connectivity index (χ2v) is 3.66. The number of halogens is 1. The molecular formula is C9H14BrNO3. The third-order valence-electron chi connectivity index (χ3n) is 2.00. The van der Waals surface area contributed by atoms with Gasteiger partial charge >= 0.3 is 0 Å². The van der Waals surface area contributed by atoms with E-state index in [9.17, 15) is 4.79 Å². The van der Waals surface area contributed by atoms with Crippen LogP contribution in [0.3, 0.4) is 0 Å². The molecule has 14 heavy (non-hydrogen) atoms. The molecule has 1 heterocycles. The van der Waals surface area contributed by atoms with Crippen LogP contribution in [0.2, 0.25) is 0 Å². The predicted octanol–water partition coefficient (Wildman–Crippen LogP) is 0.157. The molecule has 1 amide bonds. The highest BCUT2D eigenvalue weighted by Crippen LogP contribution is 2.05. The Kier molecular flexibility index (Phi) is 5.14. The number of morpholine rings is 1. The van der Waals surface area contributed by atoms with Crippen LogP contribution in [0.4, 0.5) is 0 Å². The van der Waals surface area contributed by atoms with Gasteiger partial charge in [0.15, 0.2) is 0 Å². The Balaban J connectivity index is 2.43. The number of allylic oxidation sites excluding steroid dienone is 1. The molecular weight excluding hydrogens is 250 g/mol. The van der Waals surface area contributed by atoms with Gasteiger partial charge in [-0.2, -0.15) is 0 Å². The third-order valence-corrected chi connectivity index (χ3v) is 2.38. The maximum absolute atomic E-state index is 11.5. The number of nitrogens with zero attached hydrogens (tertiary/aromatic N) is 1. The van der Waals surface area contributed by atoms with E-state index in [4.69, 9.17) is 9.84 Å². The molecule has 0 aromatic carbocycles. The van der Waals surface area contributed by atoms with Gasteiger partial charge < -0.3 is 14.7 Å². The first-order valence-electron chi connectivity index (χ1n) is 4.51. The fourth-order valence-corrected chi connectivity index (χ4v) is 1.47. The number of carbonyl (C=O) groups is 1. The largest absolute Gasteiger partial charge is 0.394 e. The van der Waals surface area contributed by atoms with E-state index in [1.54, 1.807) is 11.0 Å². The zero-order chi connectivity index (χ0) is 10.4. The van der Waals surface area contributed by atoms with Crippen LogP contribution in [0.25, 0.3) is 0 Å². The highest BCUT2D eigenvalue weighted by Gasteiger charge is 2.21. The Morgan fingerprint density at radius 3 is 3.14 bits per heavy atom. The summed E-state index contributed by atoms with van der Waals surface area (Å²) < 4.78 is 5.23.